The number of esters is 1. The highest BCUT2D eigenvalue weighted by Crippen LogP contribution is 2.19. The first-order valence-electron chi connectivity index (χ1n) is 8.68. The summed E-state index contributed by atoms with van der Waals surface area (Å²) in [5, 5.41) is 2.72. The van der Waals surface area contributed by atoms with Gasteiger partial charge in [-0.1, -0.05) is 0 Å². The number of benzene rings is 2. The topological polar surface area (TPSA) is 105 Å². The van der Waals surface area contributed by atoms with Gasteiger partial charge in [-0.05, 0) is 62.4 Å². The number of ether oxygens (including phenoxy) is 1. The molecule has 0 saturated heterocycles. The summed E-state index contributed by atoms with van der Waals surface area (Å²) in [6.07, 6.45) is 0. The van der Waals surface area contributed by atoms with Crippen molar-refractivity contribution in [3.63, 3.8) is 0 Å². The van der Waals surface area contributed by atoms with E-state index in [9.17, 15) is 18.0 Å². The Morgan fingerprint density at radius 3 is 1.96 bits per heavy atom. The van der Waals surface area contributed by atoms with Crippen LogP contribution in [0.1, 0.15) is 24.2 Å². The van der Waals surface area contributed by atoms with E-state index >= 15 is 0 Å². The van der Waals surface area contributed by atoms with Crippen LogP contribution in [0.5, 0.6) is 0 Å². The molecule has 0 spiro atoms. The normalized spacial score (nSPS) is 10.8. The molecule has 0 fully saturated rings. The molecule has 2 amide bonds. The Morgan fingerprint density at radius 1 is 0.929 bits per heavy atom. The number of carbonyl (C=O) groups excluding carboxylic acids is 2. The number of sulfonamides is 1. The molecule has 0 atom stereocenters. The first-order valence-corrected chi connectivity index (χ1v) is 10.2. The molecule has 0 heterocycles. The van der Waals surface area contributed by atoms with Crippen LogP contribution in [-0.2, 0) is 14.8 Å². The van der Waals surface area contributed by atoms with Crippen LogP contribution in [0.15, 0.2) is 53.4 Å². The van der Waals surface area contributed by atoms with Crippen LogP contribution in [0, 0.1) is 0 Å². The molecule has 8 nitrogen and oxygen atoms in total. The Bertz CT molecular complexity index is 921. The van der Waals surface area contributed by atoms with Crippen LogP contribution in [-0.4, -0.2) is 45.5 Å². The van der Waals surface area contributed by atoms with E-state index in [1.54, 1.807) is 4.90 Å². The van der Waals surface area contributed by atoms with Crippen molar-refractivity contribution in [1.82, 2.24) is 4.90 Å². The van der Waals surface area contributed by atoms with Gasteiger partial charge in [0, 0.05) is 24.5 Å². The van der Waals surface area contributed by atoms with Crippen molar-refractivity contribution in [2.75, 3.05) is 30.2 Å². The van der Waals surface area contributed by atoms with Crippen molar-refractivity contribution in [1.29, 1.82) is 0 Å². The van der Waals surface area contributed by atoms with Crippen molar-refractivity contribution in [3.05, 3.63) is 54.1 Å². The molecule has 9 heteroatoms. The molecule has 2 aromatic rings. The molecule has 0 aliphatic carbocycles. The predicted octanol–water partition coefficient (Wildman–Crippen LogP) is 3.15. The second-order valence-corrected chi connectivity index (χ2v) is 7.48. The SMILES string of the molecule is CCN(CC)C(=O)Nc1ccc(S(=O)(=O)Nc2ccc(C(=O)OC)cc2)cc1. The van der Waals surface area contributed by atoms with Crippen molar-refractivity contribution in [3.8, 4) is 0 Å². The fourth-order valence-electron chi connectivity index (χ4n) is 2.44. The Balaban J connectivity index is 2.09. The molecule has 0 unspecified atom stereocenters. The predicted molar refractivity (Wildman–Crippen MR) is 107 cm³/mol. The second-order valence-electron chi connectivity index (χ2n) is 5.80. The lowest BCUT2D eigenvalue weighted by molar-refractivity contribution is 0.0600. The standard InChI is InChI=1S/C19H23N3O5S/c1-4-22(5-2)19(24)20-15-10-12-17(13-11-15)28(25,26)21-16-8-6-14(7-9-16)18(23)27-3/h6-13,21H,4-5H2,1-3H3,(H,20,24). The lowest BCUT2D eigenvalue weighted by atomic mass is 10.2. The summed E-state index contributed by atoms with van der Waals surface area (Å²) in [5.41, 5.74) is 1.13. The van der Waals surface area contributed by atoms with Crippen LogP contribution in [0.4, 0.5) is 16.2 Å². The van der Waals surface area contributed by atoms with E-state index < -0.39 is 16.0 Å². The molecule has 0 aliphatic rings. The molecule has 2 N–H and O–H groups in total. The zero-order valence-electron chi connectivity index (χ0n) is 15.9. The van der Waals surface area contributed by atoms with Crippen molar-refractivity contribution >= 4 is 33.4 Å². The average molecular weight is 405 g/mol. The van der Waals surface area contributed by atoms with E-state index in [0.717, 1.165) is 0 Å². The molecule has 28 heavy (non-hydrogen) atoms. The zero-order chi connectivity index (χ0) is 20.7. The molecule has 0 radical (unpaired) electrons. The van der Waals surface area contributed by atoms with Crippen LogP contribution in [0.3, 0.4) is 0 Å². The average Bonchev–Trinajstić information content (AvgIpc) is 2.69. The number of anilines is 2. The van der Waals surface area contributed by atoms with Gasteiger partial charge < -0.3 is 15.0 Å². The number of amides is 2. The zero-order valence-corrected chi connectivity index (χ0v) is 16.7. The minimum atomic E-state index is -3.81. The van der Waals surface area contributed by atoms with Crippen molar-refractivity contribution in [2.45, 2.75) is 18.7 Å². The molecule has 2 rings (SSSR count). The van der Waals surface area contributed by atoms with Gasteiger partial charge in [0.15, 0.2) is 0 Å². The number of carbonyl (C=O) groups is 2. The maximum absolute atomic E-state index is 12.5. The van der Waals surface area contributed by atoms with Gasteiger partial charge in [-0.15, -0.1) is 0 Å². The minimum Gasteiger partial charge on any atom is -0.465 e. The lowest BCUT2D eigenvalue weighted by Crippen LogP contribution is -2.34. The van der Waals surface area contributed by atoms with Gasteiger partial charge in [0.25, 0.3) is 10.0 Å². The number of methoxy groups -OCH3 is 1. The maximum Gasteiger partial charge on any atom is 0.337 e. The van der Waals surface area contributed by atoms with E-state index in [0.29, 0.717) is 30.0 Å². The molecule has 0 bridgehead atoms. The summed E-state index contributed by atoms with van der Waals surface area (Å²) in [6, 6.07) is 11.5. The monoisotopic (exact) mass is 405 g/mol. The molecular formula is C19H23N3O5S. The third kappa shape index (κ3) is 5.23. The summed E-state index contributed by atoms with van der Waals surface area (Å²) < 4.78 is 32.1. The third-order valence-corrected chi connectivity index (χ3v) is 5.42. The van der Waals surface area contributed by atoms with Crippen LogP contribution < -0.4 is 10.0 Å². The summed E-state index contributed by atoms with van der Waals surface area (Å²) in [7, 11) is -2.54. The van der Waals surface area contributed by atoms with Gasteiger partial charge in [0.2, 0.25) is 0 Å². The minimum absolute atomic E-state index is 0.0467. The smallest absolute Gasteiger partial charge is 0.337 e. The van der Waals surface area contributed by atoms with Gasteiger partial charge in [0.1, 0.15) is 0 Å². The van der Waals surface area contributed by atoms with Gasteiger partial charge in [-0.3, -0.25) is 4.72 Å². The van der Waals surface area contributed by atoms with E-state index in [1.807, 2.05) is 13.8 Å². The Hall–Kier alpha value is -3.07. The van der Waals surface area contributed by atoms with Gasteiger partial charge in [-0.25, -0.2) is 18.0 Å². The third-order valence-electron chi connectivity index (χ3n) is 4.02. The summed E-state index contributed by atoms with van der Waals surface area (Å²) in [6.45, 7) is 4.91. The van der Waals surface area contributed by atoms with E-state index in [1.165, 1.54) is 55.6 Å². The van der Waals surface area contributed by atoms with Gasteiger partial charge in [-0.2, -0.15) is 0 Å². The van der Waals surface area contributed by atoms with Gasteiger partial charge >= 0.3 is 12.0 Å². The highest BCUT2D eigenvalue weighted by Gasteiger charge is 2.15. The van der Waals surface area contributed by atoms with Crippen molar-refractivity contribution in [2.24, 2.45) is 0 Å². The number of hydrogen-bond acceptors (Lipinski definition) is 5. The molecule has 0 aromatic heterocycles. The first-order chi connectivity index (χ1) is 13.3. The highest BCUT2D eigenvalue weighted by molar-refractivity contribution is 7.92. The quantitative estimate of drug-likeness (QED) is 0.689. The summed E-state index contributed by atoms with van der Waals surface area (Å²) in [4.78, 5) is 25.1. The molecule has 2 aromatic carbocycles. The number of rotatable bonds is 7. The largest absolute Gasteiger partial charge is 0.465 e. The Kier molecular flexibility index (Phi) is 7.00. The van der Waals surface area contributed by atoms with Crippen molar-refractivity contribution < 1.29 is 22.7 Å². The molecule has 0 saturated carbocycles. The number of nitrogens with one attached hydrogen (secondary N) is 2. The Morgan fingerprint density at radius 2 is 1.46 bits per heavy atom. The summed E-state index contributed by atoms with van der Waals surface area (Å²) >= 11 is 0. The molecule has 0 aliphatic heterocycles. The fourth-order valence-corrected chi connectivity index (χ4v) is 3.50. The van der Waals surface area contributed by atoms with Gasteiger partial charge in [0.05, 0.1) is 17.6 Å². The van der Waals surface area contributed by atoms with E-state index in [-0.39, 0.29) is 10.9 Å². The number of urea groups is 1. The second kappa shape index (κ2) is 9.23. The fraction of sp³-hybridized carbons (Fsp3) is 0.263. The maximum atomic E-state index is 12.5. The van der Waals surface area contributed by atoms with E-state index in [4.69, 9.17) is 0 Å². The number of nitrogens with zero attached hydrogens (tertiary/aromatic N) is 1. The van der Waals surface area contributed by atoms with Crippen LogP contribution >= 0.6 is 0 Å². The van der Waals surface area contributed by atoms with Crippen LogP contribution in [0.25, 0.3) is 0 Å². The molecule has 150 valence electrons. The Labute approximate surface area is 164 Å². The lowest BCUT2D eigenvalue weighted by Gasteiger charge is -2.19. The molecular weight excluding hydrogens is 382 g/mol. The first kappa shape index (κ1) is 21.2. The number of hydrogen-bond donors (Lipinski definition) is 2. The summed E-state index contributed by atoms with van der Waals surface area (Å²) in [5.74, 6) is -0.503. The van der Waals surface area contributed by atoms with Crippen LogP contribution in [0.2, 0.25) is 0 Å². The van der Waals surface area contributed by atoms with E-state index in [2.05, 4.69) is 14.8 Å². The highest BCUT2D eigenvalue weighted by atomic mass is 32.2.